The van der Waals surface area contributed by atoms with Crippen molar-refractivity contribution in [2.45, 2.75) is 12.3 Å². The summed E-state index contributed by atoms with van der Waals surface area (Å²) >= 11 is 5.93. The number of hydrogen-bond donors (Lipinski definition) is 0. The summed E-state index contributed by atoms with van der Waals surface area (Å²) in [4.78, 5) is 18.7. The Morgan fingerprint density at radius 1 is 1.11 bits per heavy atom. The van der Waals surface area contributed by atoms with E-state index in [4.69, 9.17) is 25.6 Å². The van der Waals surface area contributed by atoms with E-state index >= 15 is 0 Å². The number of rotatable bonds is 5. The second-order valence-electron chi connectivity index (χ2n) is 6.41. The number of ether oxygens (including phenoxy) is 2. The summed E-state index contributed by atoms with van der Waals surface area (Å²) in [5, 5.41) is 4.72. The molecule has 0 bridgehead atoms. The molecule has 3 aromatic rings. The Morgan fingerprint density at radius 2 is 1.86 bits per heavy atom. The van der Waals surface area contributed by atoms with Gasteiger partial charge in [0.25, 0.3) is 5.89 Å². The molecule has 7 nitrogen and oxygen atoms in total. The zero-order valence-corrected chi connectivity index (χ0v) is 16.1. The highest BCUT2D eigenvalue weighted by atomic mass is 35.5. The molecule has 1 aliphatic rings. The summed E-state index contributed by atoms with van der Waals surface area (Å²) < 4.78 is 16.0. The third kappa shape index (κ3) is 3.41. The molecule has 8 heteroatoms. The van der Waals surface area contributed by atoms with Gasteiger partial charge in [-0.25, -0.2) is 0 Å². The van der Waals surface area contributed by atoms with Crippen LogP contribution in [0.25, 0.3) is 11.5 Å². The van der Waals surface area contributed by atoms with Gasteiger partial charge in [-0.3, -0.25) is 4.79 Å². The third-order valence-corrected chi connectivity index (χ3v) is 4.95. The lowest BCUT2D eigenvalue weighted by atomic mass is 10.1. The molecule has 0 N–H and O–H groups in total. The van der Waals surface area contributed by atoms with Crippen LogP contribution in [-0.2, 0) is 4.79 Å². The summed E-state index contributed by atoms with van der Waals surface area (Å²) in [5.74, 6) is 1.95. The number of carbonyl (C=O) groups excluding carboxylic acids is 1. The summed E-state index contributed by atoms with van der Waals surface area (Å²) in [5.41, 5.74) is 1.52. The fraction of sp³-hybridized carbons (Fsp3) is 0.250. The van der Waals surface area contributed by atoms with E-state index in [-0.39, 0.29) is 11.8 Å². The fourth-order valence-corrected chi connectivity index (χ4v) is 3.36. The number of hydrogen-bond acceptors (Lipinski definition) is 6. The molecule has 2 aromatic carbocycles. The topological polar surface area (TPSA) is 77.7 Å². The van der Waals surface area contributed by atoms with E-state index in [2.05, 4.69) is 10.1 Å². The Bertz CT molecular complexity index is 1000. The molecular formula is C20H18ClN3O4. The molecule has 1 amide bonds. The van der Waals surface area contributed by atoms with E-state index in [0.717, 1.165) is 11.3 Å². The Balaban J connectivity index is 1.55. The van der Waals surface area contributed by atoms with Gasteiger partial charge >= 0.3 is 0 Å². The quantitative estimate of drug-likeness (QED) is 0.647. The smallest absolute Gasteiger partial charge is 0.258 e. The van der Waals surface area contributed by atoms with Crippen molar-refractivity contribution in [3.63, 3.8) is 0 Å². The zero-order chi connectivity index (χ0) is 19.7. The van der Waals surface area contributed by atoms with E-state index in [0.29, 0.717) is 41.2 Å². The van der Waals surface area contributed by atoms with Crippen LogP contribution in [0.2, 0.25) is 5.02 Å². The number of methoxy groups -OCH3 is 2. The maximum atomic E-state index is 12.5. The second-order valence-corrected chi connectivity index (χ2v) is 6.85. The molecule has 0 radical (unpaired) electrons. The Hall–Kier alpha value is -3.06. The normalized spacial score (nSPS) is 16.5. The van der Waals surface area contributed by atoms with Crippen LogP contribution < -0.4 is 14.4 Å². The first-order chi connectivity index (χ1) is 13.6. The lowest BCUT2D eigenvalue weighted by molar-refractivity contribution is -0.117. The Labute approximate surface area is 166 Å². The summed E-state index contributed by atoms with van der Waals surface area (Å²) in [6.07, 6.45) is 0.327. The van der Waals surface area contributed by atoms with Crippen LogP contribution in [0, 0.1) is 0 Å². The first-order valence-corrected chi connectivity index (χ1v) is 9.08. The summed E-state index contributed by atoms with van der Waals surface area (Å²) in [6.45, 7) is 0.491. The van der Waals surface area contributed by atoms with Crippen molar-refractivity contribution < 1.29 is 18.8 Å². The molecule has 0 aliphatic carbocycles. The summed E-state index contributed by atoms with van der Waals surface area (Å²) in [6, 6.07) is 12.6. The number of anilines is 1. The van der Waals surface area contributed by atoms with Crippen LogP contribution in [0.15, 0.2) is 47.0 Å². The number of benzene rings is 2. The first-order valence-electron chi connectivity index (χ1n) is 8.71. The largest absolute Gasteiger partial charge is 0.493 e. The van der Waals surface area contributed by atoms with Gasteiger partial charge in [-0.1, -0.05) is 16.8 Å². The molecule has 0 unspecified atom stereocenters. The monoisotopic (exact) mass is 399 g/mol. The predicted molar refractivity (Wildman–Crippen MR) is 104 cm³/mol. The molecule has 1 aromatic heterocycles. The van der Waals surface area contributed by atoms with Gasteiger partial charge in [0.1, 0.15) is 0 Å². The van der Waals surface area contributed by atoms with Gasteiger partial charge in [0.2, 0.25) is 5.91 Å². The Kier molecular flexibility index (Phi) is 4.92. The predicted octanol–water partition coefficient (Wildman–Crippen LogP) is 3.93. The minimum absolute atomic E-state index is 0.0183. The van der Waals surface area contributed by atoms with Gasteiger partial charge in [0, 0.05) is 35.2 Å². The lowest BCUT2D eigenvalue weighted by Crippen LogP contribution is -2.24. The molecule has 4 rings (SSSR count). The second kappa shape index (κ2) is 7.52. The molecular weight excluding hydrogens is 382 g/mol. The third-order valence-electron chi connectivity index (χ3n) is 4.70. The maximum absolute atomic E-state index is 12.5. The highest BCUT2D eigenvalue weighted by molar-refractivity contribution is 6.30. The van der Waals surface area contributed by atoms with Crippen LogP contribution in [0.4, 0.5) is 5.69 Å². The van der Waals surface area contributed by atoms with Crippen molar-refractivity contribution in [2.24, 2.45) is 0 Å². The fourth-order valence-electron chi connectivity index (χ4n) is 3.24. The lowest BCUT2D eigenvalue weighted by Gasteiger charge is -2.16. The van der Waals surface area contributed by atoms with Gasteiger partial charge in [0.15, 0.2) is 17.3 Å². The van der Waals surface area contributed by atoms with Gasteiger partial charge < -0.3 is 18.9 Å². The van der Waals surface area contributed by atoms with Crippen LogP contribution in [-0.4, -0.2) is 36.8 Å². The molecule has 1 atom stereocenters. The van der Waals surface area contributed by atoms with Gasteiger partial charge in [-0.15, -0.1) is 0 Å². The number of carbonyl (C=O) groups is 1. The zero-order valence-electron chi connectivity index (χ0n) is 15.4. The van der Waals surface area contributed by atoms with Crippen molar-refractivity contribution in [1.29, 1.82) is 0 Å². The van der Waals surface area contributed by atoms with Crippen molar-refractivity contribution in [1.82, 2.24) is 10.1 Å². The number of nitrogens with zero attached hydrogens (tertiary/aromatic N) is 3. The van der Waals surface area contributed by atoms with Crippen LogP contribution >= 0.6 is 11.6 Å². The first kappa shape index (κ1) is 18.3. The number of amides is 1. The van der Waals surface area contributed by atoms with Crippen molar-refractivity contribution in [3.05, 3.63) is 53.3 Å². The highest BCUT2D eigenvalue weighted by Gasteiger charge is 2.34. The van der Waals surface area contributed by atoms with Gasteiger partial charge in [0.05, 0.1) is 14.2 Å². The summed E-state index contributed by atoms with van der Waals surface area (Å²) in [7, 11) is 3.14. The molecule has 144 valence electrons. The average molecular weight is 400 g/mol. The molecule has 28 heavy (non-hydrogen) atoms. The van der Waals surface area contributed by atoms with E-state index in [1.165, 1.54) is 0 Å². The number of aromatic nitrogens is 2. The minimum Gasteiger partial charge on any atom is -0.493 e. The highest BCUT2D eigenvalue weighted by Crippen LogP contribution is 2.34. The average Bonchev–Trinajstić information content (AvgIpc) is 3.35. The van der Waals surface area contributed by atoms with E-state index < -0.39 is 0 Å². The van der Waals surface area contributed by atoms with Gasteiger partial charge in [-0.05, 0) is 42.5 Å². The van der Waals surface area contributed by atoms with Crippen LogP contribution in [0.1, 0.15) is 18.2 Å². The van der Waals surface area contributed by atoms with E-state index in [1.807, 2.05) is 18.2 Å². The van der Waals surface area contributed by atoms with Crippen molar-refractivity contribution in [3.8, 4) is 23.0 Å². The minimum atomic E-state index is -0.138. The molecule has 0 saturated carbocycles. The van der Waals surface area contributed by atoms with Gasteiger partial charge in [-0.2, -0.15) is 4.98 Å². The SMILES string of the molecule is COc1ccc(-c2nc([C@H]3CC(=O)N(c4ccc(Cl)cc4)C3)no2)cc1OC. The van der Waals surface area contributed by atoms with Crippen molar-refractivity contribution >= 4 is 23.2 Å². The molecule has 1 fully saturated rings. The number of halogens is 1. The Morgan fingerprint density at radius 3 is 2.57 bits per heavy atom. The van der Waals surface area contributed by atoms with Crippen LogP contribution in [0.3, 0.4) is 0 Å². The standard InChI is InChI=1S/C20H18ClN3O4/c1-26-16-8-3-12(9-17(16)27-2)20-22-19(23-28-20)13-10-18(25)24(11-13)15-6-4-14(21)5-7-15/h3-9,13H,10-11H2,1-2H3/t13-/m0/s1. The van der Waals surface area contributed by atoms with Crippen molar-refractivity contribution in [2.75, 3.05) is 25.7 Å². The molecule has 1 aliphatic heterocycles. The molecule has 0 spiro atoms. The molecule has 1 saturated heterocycles. The van der Waals surface area contributed by atoms with E-state index in [9.17, 15) is 4.79 Å². The van der Waals surface area contributed by atoms with E-state index in [1.54, 1.807) is 43.4 Å². The maximum Gasteiger partial charge on any atom is 0.258 e. The molecule has 2 heterocycles. The van der Waals surface area contributed by atoms with Crippen LogP contribution in [0.5, 0.6) is 11.5 Å².